The summed E-state index contributed by atoms with van der Waals surface area (Å²) in [5.41, 5.74) is 11.7. The van der Waals surface area contributed by atoms with Crippen molar-refractivity contribution in [2.45, 2.75) is 37.6 Å². The van der Waals surface area contributed by atoms with E-state index in [2.05, 4.69) is 42.5 Å². The van der Waals surface area contributed by atoms with Crippen LogP contribution in [0.25, 0.3) is 0 Å². The minimum Gasteiger partial charge on any atom is -0.493 e. The summed E-state index contributed by atoms with van der Waals surface area (Å²) in [5, 5.41) is 0. The minimum atomic E-state index is -0.0454. The highest BCUT2D eigenvalue weighted by Crippen LogP contribution is 2.37. The van der Waals surface area contributed by atoms with Crippen molar-refractivity contribution in [2.24, 2.45) is 5.73 Å². The van der Waals surface area contributed by atoms with Gasteiger partial charge in [0.25, 0.3) is 0 Å². The van der Waals surface area contributed by atoms with Crippen LogP contribution in [0.2, 0.25) is 0 Å². The molecular formula is C19H21NO. The van der Waals surface area contributed by atoms with Crippen LogP contribution in [-0.2, 0) is 6.42 Å². The summed E-state index contributed by atoms with van der Waals surface area (Å²) in [6.07, 6.45) is 5.02. The standard InChI is InChI=1S/C19H21NO/c20-19(17-7-8-18-15(12-17)9-10-21-18)16-6-2-5-14(11-16)13-3-1-4-13/h2,5-8,11-13,19H,1,3-4,9-10,20H2. The van der Waals surface area contributed by atoms with Gasteiger partial charge in [-0.1, -0.05) is 42.8 Å². The first-order valence-corrected chi connectivity index (χ1v) is 7.92. The van der Waals surface area contributed by atoms with Crippen molar-refractivity contribution in [2.75, 3.05) is 6.61 Å². The maximum atomic E-state index is 6.50. The van der Waals surface area contributed by atoms with E-state index >= 15 is 0 Å². The van der Waals surface area contributed by atoms with Crippen molar-refractivity contribution in [1.29, 1.82) is 0 Å². The van der Waals surface area contributed by atoms with E-state index < -0.39 is 0 Å². The average molecular weight is 279 g/mol. The first-order valence-electron chi connectivity index (χ1n) is 7.92. The van der Waals surface area contributed by atoms with E-state index in [4.69, 9.17) is 10.5 Å². The first kappa shape index (κ1) is 12.9. The van der Waals surface area contributed by atoms with Gasteiger partial charge in [-0.05, 0) is 47.1 Å². The van der Waals surface area contributed by atoms with Crippen LogP contribution in [0, 0.1) is 0 Å². The second-order valence-electron chi connectivity index (χ2n) is 6.24. The third-order valence-electron chi connectivity index (χ3n) is 4.92. The van der Waals surface area contributed by atoms with Crippen LogP contribution in [0.3, 0.4) is 0 Å². The van der Waals surface area contributed by atoms with Gasteiger partial charge in [0.1, 0.15) is 5.75 Å². The number of benzene rings is 2. The highest BCUT2D eigenvalue weighted by molar-refractivity contribution is 5.43. The van der Waals surface area contributed by atoms with Crippen molar-refractivity contribution in [3.8, 4) is 5.75 Å². The zero-order chi connectivity index (χ0) is 14.2. The molecule has 0 bridgehead atoms. The minimum absolute atomic E-state index is 0.0454. The summed E-state index contributed by atoms with van der Waals surface area (Å²) >= 11 is 0. The largest absolute Gasteiger partial charge is 0.493 e. The molecule has 2 aromatic carbocycles. The highest BCUT2D eigenvalue weighted by Gasteiger charge is 2.21. The predicted octanol–water partition coefficient (Wildman–Crippen LogP) is 3.94. The fraction of sp³-hybridized carbons (Fsp3) is 0.368. The fourth-order valence-electron chi connectivity index (χ4n) is 3.34. The van der Waals surface area contributed by atoms with Gasteiger partial charge in [0, 0.05) is 6.42 Å². The molecule has 1 heterocycles. The normalized spacial score (nSPS) is 18.7. The Morgan fingerprint density at radius 2 is 1.90 bits per heavy atom. The van der Waals surface area contributed by atoms with E-state index in [-0.39, 0.29) is 6.04 Å². The van der Waals surface area contributed by atoms with Gasteiger partial charge in [-0.2, -0.15) is 0 Å². The topological polar surface area (TPSA) is 35.2 Å². The van der Waals surface area contributed by atoms with Crippen LogP contribution in [0.5, 0.6) is 5.75 Å². The maximum absolute atomic E-state index is 6.50. The van der Waals surface area contributed by atoms with Crippen LogP contribution in [0.4, 0.5) is 0 Å². The number of hydrogen-bond acceptors (Lipinski definition) is 2. The van der Waals surface area contributed by atoms with Crippen molar-refractivity contribution >= 4 is 0 Å². The Kier molecular flexibility index (Phi) is 3.19. The zero-order valence-electron chi connectivity index (χ0n) is 12.2. The smallest absolute Gasteiger partial charge is 0.122 e. The molecule has 2 N–H and O–H groups in total. The Labute approximate surface area is 125 Å². The molecule has 2 heteroatoms. The van der Waals surface area contributed by atoms with Gasteiger partial charge in [-0.15, -0.1) is 0 Å². The number of ether oxygens (including phenoxy) is 1. The second-order valence-corrected chi connectivity index (χ2v) is 6.24. The molecule has 0 amide bonds. The van der Waals surface area contributed by atoms with Gasteiger partial charge >= 0.3 is 0 Å². The Balaban J connectivity index is 1.63. The monoisotopic (exact) mass is 279 g/mol. The van der Waals surface area contributed by atoms with Crippen molar-refractivity contribution in [3.05, 3.63) is 64.7 Å². The van der Waals surface area contributed by atoms with E-state index in [1.807, 2.05) is 0 Å². The number of fused-ring (bicyclic) bond motifs is 1. The third kappa shape index (κ3) is 2.34. The van der Waals surface area contributed by atoms with E-state index in [1.54, 1.807) is 0 Å². The van der Waals surface area contributed by atoms with Gasteiger partial charge in [0.2, 0.25) is 0 Å². The molecule has 1 aliphatic carbocycles. The Hall–Kier alpha value is -1.80. The molecule has 0 spiro atoms. The van der Waals surface area contributed by atoms with E-state index in [9.17, 15) is 0 Å². The predicted molar refractivity (Wildman–Crippen MR) is 84.7 cm³/mol. The molecule has 0 radical (unpaired) electrons. The van der Waals surface area contributed by atoms with Crippen molar-refractivity contribution < 1.29 is 4.74 Å². The molecule has 4 rings (SSSR count). The molecule has 1 fully saturated rings. The Morgan fingerprint density at radius 1 is 1.05 bits per heavy atom. The molecule has 1 aliphatic heterocycles. The Bertz CT molecular complexity index is 660. The fourth-order valence-corrected chi connectivity index (χ4v) is 3.34. The van der Waals surface area contributed by atoms with Gasteiger partial charge in [-0.3, -0.25) is 0 Å². The van der Waals surface area contributed by atoms with Gasteiger partial charge in [0.15, 0.2) is 0 Å². The van der Waals surface area contributed by atoms with Crippen LogP contribution in [0.15, 0.2) is 42.5 Å². The molecule has 2 nitrogen and oxygen atoms in total. The number of nitrogens with two attached hydrogens (primary N) is 1. The molecule has 0 aromatic heterocycles. The summed E-state index contributed by atoms with van der Waals surface area (Å²) in [5.74, 6) is 1.78. The third-order valence-corrected chi connectivity index (χ3v) is 4.92. The van der Waals surface area contributed by atoms with Crippen LogP contribution in [0.1, 0.15) is 53.5 Å². The van der Waals surface area contributed by atoms with Gasteiger partial charge in [0.05, 0.1) is 12.6 Å². The molecular weight excluding hydrogens is 258 g/mol. The van der Waals surface area contributed by atoms with Crippen molar-refractivity contribution in [1.82, 2.24) is 0 Å². The van der Waals surface area contributed by atoms with Gasteiger partial charge < -0.3 is 10.5 Å². The quantitative estimate of drug-likeness (QED) is 0.923. The summed E-state index contributed by atoms with van der Waals surface area (Å²) in [6, 6.07) is 15.2. The van der Waals surface area contributed by atoms with Crippen LogP contribution >= 0.6 is 0 Å². The van der Waals surface area contributed by atoms with E-state index in [0.29, 0.717) is 0 Å². The molecule has 108 valence electrons. The lowest BCUT2D eigenvalue weighted by atomic mass is 9.79. The summed E-state index contributed by atoms with van der Waals surface area (Å²) in [7, 11) is 0. The molecule has 0 saturated heterocycles. The number of hydrogen-bond donors (Lipinski definition) is 1. The van der Waals surface area contributed by atoms with Crippen molar-refractivity contribution in [3.63, 3.8) is 0 Å². The molecule has 2 aliphatic rings. The summed E-state index contributed by atoms with van der Waals surface area (Å²) in [4.78, 5) is 0. The van der Waals surface area contributed by atoms with Gasteiger partial charge in [-0.25, -0.2) is 0 Å². The highest BCUT2D eigenvalue weighted by atomic mass is 16.5. The first-order chi connectivity index (χ1) is 10.3. The summed E-state index contributed by atoms with van der Waals surface area (Å²) in [6.45, 7) is 0.797. The lowest BCUT2D eigenvalue weighted by molar-refractivity contribution is 0.357. The summed E-state index contributed by atoms with van der Waals surface area (Å²) < 4.78 is 5.57. The average Bonchev–Trinajstić information content (AvgIpc) is 2.92. The maximum Gasteiger partial charge on any atom is 0.122 e. The molecule has 21 heavy (non-hydrogen) atoms. The van der Waals surface area contributed by atoms with E-state index in [0.717, 1.165) is 24.7 Å². The van der Waals surface area contributed by atoms with Crippen LogP contribution < -0.4 is 10.5 Å². The molecule has 1 unspecified atom stereocenters. The number of rotatable bonds is 3. The lowest BCUT2D eigenvalue weighted by Gasteiger charge is -2.26. The second kappa shape index (κ2) is 5.19. The van der Waals surface area contributed by atoms with Crippen LogP contribution in [-0.4, -0.2) is 6.61 Å². The molecule has 2 aromatic rings. The lowest BCUT2D eigenvalue weighted by Crippen LogP contribution is -2.14. The SMILES string of the molecule is NC(c1cccc(C2CCC2)c1)c1ccc2c(c1)CCO2. The zero-order valence-corrected chi connectivity index (χ0v) is 12.2. The molecule has 1 saturated carbocycles. The molecule has 1 atom stereocenters. The van der Waals surface area contributed by atoms with E-state index in [1.165, 1.54) is 41.5 Å². The Morgan fingerprint density at radius 3 is 2.71 bits per heavy atom.